The van der Waals surface area contributed by atoms with Gasteiger partial charge in [0, 0.05) is 5.39 Å². The molecule has 4 nitrogen and oxygen atoms in total. The number of aryl methyl sites for hydroxylation is 1. The Kier molecular flexibility index (Phi) is 2.66. The van der Waals surface area contributed by atoms with Crippen molar-refractivity contribution in [3.63, 3.8) is 0 Å². The molecule has 0 fully saturated rings. The van der Waals surface area contributed by atoms with Crippen LogP contribution in [-0.4, -0.2) is 13.1 Å². The summed E-state index contributed by atoms with van der Waals surface area (Å²) in [6.07, 6.45) is 0. The van der Waals surface area contributed by atoms with E-state index in [0.717, 1.165) is 16.5 Å². The van der Waals surface area contributed by atoms with Crippen molar-refractivity contribution in [2.75, 3.05) is 7.11 Å². The largest absolute Gasteiger partial charge is 0.468 e. The van der Waals surface area contributed by atoms with Crippen LogP contribution in [0.5, 0.6) is 0 Å². The second-order valence-electron chi connectivity index (χ2n) is 3.69. The fourth-order valence-electron chi connectivity index (χ4n) is 1.56. The van der Waals surface area contributed by atoms with E-state index in [9.17, 15) is 4.79 Å². The highest BCUT2D eigenvalue weighted by Crippen LogP contribution is 2.24. The highest BCUT2D eigenvalue weighted by molar-refractivity contribution is 5.82. The van der Waals surface area contributed by atoms with Crippen LogP contribution in [0, 0.1) is 6.92 Å². The van der Waals surface area contributed by atoms with Crippen LogP contribution >= 0.6 is 0 Å². The normalized spacial score (nSPS) is 12.7. The Bertz CT molecular complexity index is 530. The summed E-state index contributed by atoms with van der Waals surface area (Å²) >= 11 is 0. The SMILES string of the molecule is COC(=O)C(N)c1cc2ccc(C)cc2o1. The quantitative estimate of drug-likeness (QED) is 0.783. The van der Waals surface area contributed by atoms with Crippen molar-refractivity contribution in [2.24, 2.45) is 5.73 Å². The summed E-state index contributed by atoms with van der Waals surface area (Å²) in [5.41, 5.74) is 7.51. The first kappa shape index (κ1) is 10.7. The number of ether oxygens (including phenoxy) is 1. The number of nitrogens with two attached hydrogens (primary N) is 1. The molecule has 2 aromatic rings. The molecule has 0 amide bonds. The maximum atomic E-state index is 11.2. The Labute approximate surface area is 93.0 Å². The average Bonchev–Trinajstić information content (AvgIpc) is 2.69. The summed E-state index contributed by atoms with van der Waals surface area (Å²) in [6, 6.07) is 6.71. The van der Waals surface area contributed by atoms with Gasteiger partial charge in [-0.25, -0.2) is 4.79 Å². The minimum atomic E-state index is -0.863. The average molecular weight is 219 g/mol. The van der Waals surface area contributed by atoms with Gasteiger partial charge < -0.3 is 14.9 Å². The molecule has 0 saturated heterocycles. The van der Waals surface area contributed by atoms with Crippen molar-refractivity contribution >= 4 is 16.9 Å². The van der Waals surface area contributed by atoms with Crippen LogP contribution in [0.2, 0.25) is 0 Å². The number of benzene rings is 1. The number of carbonyl (C=O) groups excluding carboxylic acids is 1. The Morgan fingerprint density at radius 1 is 1.44 bits per heavy atom. The highest BCUT2D eigenvalue weighted by atomic mass is 16.5. The Hall–Kier alpha value is -1.81. The van der Waals surface area contributed by atoms with E-state index in [4.69, 9.17) is 10.2 Å². The van der Waals surface area contributed by atoms with Gasteiger partial charge in [0.2, 0.25) is 0 Å². The lowest BCUT2D eigenvalue weighted by Gasteiger charge is -2.04. The molecule has 0 spiro atoms. The number of esters is 1. The zero-order valence-corrected chi connectivity index (χ0v) is 9.19. The maximum Gasteiger partial charge on any atom is 0.330 e. The monoisotopic (exact) mass is 219 g/mol. The molecule has 4 heteroatoms. The highest BCUT2D eigenvalue weighted by Gasteiger charge is 2.20. The molecule has 1 aromatic heterocycles. The van der Waals surface area contributed by atoms with E-state index in [1.54, 1.807) is 6.07 Å². The van der Waals surface area contributed by atoms with Crippen LogP contribution in [0.1, 0.15) is 17.4 Å². The van der Waals surface area contributed by atoms with Crippen molar-refractivity contribution in [2.45, 2.75) is 13.0 Å². The lowest BCUT2D eigenvalue weighted by Crippen LogP contribution is -2.21. The molecule has 0 saturated carbocycles. The molecule has 0 radical (unpaired) electrons. The van der Waals surface area contributed by atoms with Gasteiger partial charge in [0.25, 0.3) is 0 Å². The molecule has 0 aliphatic rings. The number of carbonyl (C=O) groups is 1. The van der Waals surface area contributed by atoms with E-state index in [1.807, 2.05) is 25.1 Å². The number of furan rings is 1. The van der Waals surface area contributed by atoms with E-state index in [1.165, 1.54) is 7.11 Å². The molecule has 1 heterocycles. The summed E-state index contributed by atoms with van der Waals surface area (Å²) in [6.45, 7) is 1.97. The van der Waals surface area contributed by atoms with Gasteiger partial charge in [-0.15, -0.1) is 0 Å². The van der Waals surface area contributed by atoms with Crippen LogP contribution in [0.15, 0.2) is 28.7 Å². The predicted molar refractivity (Wildman–Crippen MR) is 59.9 cm³/mol. The fourth-order valence-corrected chi connectivity index (χ4v) is 1.56. The van der Waals surface area contributed by atoms with Crippen LogP contribution < -0.4 is 5.73 Å². The van der Waals surface area contributed by atoms with Gasteiger partial charge in [-0.05, 0) is 24.6 Å². The summed E-state index contributed by atoms with van der Waals surface area (Å²) < 4.78 is 10.1. The van der Waals surface area contributed by atoms with Crippen LogP contribution in [-0.2, 0) is 9.53 Å². The van der Waals surface area contributed by atoms with Crippen LogP contribution in [0.25, 0.3) is 11.0 Å². The predicted octanol–water partition coefficient (Wildman–Crippen LogP) is 1.91. The van der Waals surface area contributed by atoms with Crippen molar-refractivity contribution in [3.8, 4) is 0 Å². The van der Waals surface area contributed by atoms with E-state index in [0.29, 0.717) is 5.76 Å². The fraction of sp³-hybridized carbons (Fsp3) is 0.250. The topological polar surface area (TPSA) is 65.5 Å². The van der Waals surface area contributed by atoms with Crippen LogP contribution in [0.4, 0.5) is 0 Å². The van der Waals surface area contributed by atoms with E-state index in [-0.39, 0.29) is 0 Å². The number of fused-ring (bicyclic) bond motifs is 1. The Balaban J connectivity index is 2.43. The third-order valence-electron chi connectivity index (χ3n) is 2.46. The van der Waals surface area contributed by atoms with Gasteiger partial charge in [0.15, 0.2) is 6.04 Å². The van der Waals surface area contributed by atoms with E-state index < -0.39 is 12.0 Å². The van der Waals surface area contributed by atoms with Gasteiger partial charge in [0.1, 0.15) is 11.3 Å². The maximum absolute atomic E-state index is 11.2. The number of hydrogen-bond acceptors (Lipinski definition) is 4. The van der Waals surface area contributed by atoms with Gasteiger partial charge in [-0.3, -0.25) is 0 Å². The first-order valence-electron chi connectivity index (χ1n) is 4.95. The van der Waals surface area contributed by atoms with Crippen molar-refractivity contribution in [3.05, 3.63) is 35.6 Å². The lowest BCUT2D eigenvalue weighted by molar-refractivity contribution is -0.142. The minimum Gasteiger partial charge on any atom is -0.468 e. The third-order valence-corrected chi connectivity index (χ3v) is 2.46. The van der Waals surface area contributed by atoms with Gasteiger partial charge in [-0.1, -0.05) is 12.1 Å². The zero-order chi connectivity index (χ0) is 11.7. The molecular formula is C12H13NO3. The molecule has 2 N–H and O–H groups in total. The zero-order valence-electron chi connectivity index (χ0n) is 9.19. The summed E-state index contributed by atoms with van der Waals surface area (Å²) in [5, 5.41) is 0.931. The molecule has 84 valence electrons. The first-order valence-corrected chi connectivity index (χ1v) is 4.95. The molecule has 1 unspecified atom stereocenters. The Morgan fingerprint density at radius 3 is 2.88 bits per heavy atom. The number of rotatable bonds is 2. The van der Waals surface area contributed by atoms with Crippen LogP contribution in [0.3, 0.4) is 0 Å². The molecule has 0 aliphatic carbocycles. The molecule has 1 atom stereocenters. The first-order chi connectivity index (χ1) is 7.61. The molecule has 0 bridgehead atoms. The lowest BCUT2D eigenvalue weighted by atomic mass is 10.2. The van der Waals surface area contributed by atoms with Gasteiger partial charge in [-0.2, -0.15) is 0 Å². The van der Waals surface area contributed by atoms with Gasteiger partial charge >= 0.3 is 5.97 Å². The third kappa shape index (κ3) is 1.79. The summed E-state index contributed by atoms with van der Waals surface area (Å²) in [4.78, 5) is 11.2. The molecule has 1 aromatic carbocycles. The summed E-state index contributed by atoms with van der Waals surface area (Å²) in [7, 11) is 1.30. The second-order valence-corrected chi connectivity index (χ2v) is 3.69. The molecule has 16 heavy (non-hydrogen) atoms. The molecule has 2 rings (SSSR count). The Morgan fingerprint density at radius 2 is 2.19 bits per heavy atom. The smallest absolute Gasteiger partial charge is 0.330 e. The summed E-state index contributed by atoms with van der Waals surface area (Å²) in [5.74, 6) is -0.0803. The standard InChI is InChI=1S/C12H13NO3/c1-7-3-4-8-6-10(16-9(8)5-7)11(13)12(14)15-2/h3-6,11H,13H2,1-2H3. The molecular weight excluding hydrogens is 206 g/mol. The van der Waals surface area contributed by atoms with Crippen molar-refractivity contribution < 1.29 is 13.9 Å². The number of hydrogen-bond donors (Lipinski definition) is 1. The van der Waals surface area contributed by atoms with E-state index >= 15 is 0 Å². The van der Waals surface area contributed by atoms with E-state index in [2.05, 4.69) is 4.74 Å². The van der Waals surface area contributed by atoms with Crippen molar-refractivity contribution in [1.82, 2.24) is 0 Å². The van der Waals surface area contributed by atoms with Gasteiger partial charge in [0.05, 0.1) is 7.11 Å². The molecule has 0 aliphatic heterocycles. The van der Waals surface area contributed by atoms with Crippen molar-refractivity contribution in [1.29, 1.82) is 0 Å². The number of methoxy groups -OCH3 is 1. The minimum absolute atomic E-state index is 0.424. The second kappa shape index (κ2) is 3.98.